The number of carbonyl (C=O) groups is 1. The summed E-state index contributed by atoms with van der Waals surface area (Å²) >= 11 is 0. The van der Waals surface area contributed by atoms with Crippen molar-refractivity contribution in [2.24, 2.45) is 0 Å². The standard InChI is InChI=1S/C20H25NO6S2/c1-28(23,24)18-12-10-17(11-13-18)27-15-5-9-20(22)21-14-6-16-29(25,26)19-7-3-2-4-8-19/h2-4,7-8,10-13H,5-6,9,14-16H2,1H3,(H,21,22). The summed E-state index contributed by atoms with van der Waals surface area (Å²) in [5, 5.41) is 2.70. The molecule has 7 nitrogen and oxygen atoms in total. The Kier molecular flexibility index (Phi) is 8.21. The van der Waals surface area contributed by atoms with Gasteiger partial charge in [0.15, 0.2) is 19.7 Å². The Labute approximate surface area is 171 Å². The predicted octanol–water partition coefficient (Wildman–Crippen LogP) is 2.23. The molecule has 0 bridgehead atoms. The van der Waals surface area contributed by atoms with Crippen LogP contribution >= 0.6 is 0 Å². The van der Waals surface area contributed by atoms with Crippen LogP contribution in [0, 0.1) is 0 Å². The van der Waals surface area contributed by atoms with Crippen molar-refractivity contribution in [1.82, 2.24) is 5.32 Å². The van der Waals surface area contributed by atoms with Gasteiger partial charge in [-0.1, -0.05) is 18.2 Å². The van der Waals surface area contributed by atoms with Crippen molar-refractivity contribution < 1.29 is 26.4 Å². The fourth-order valence-corrected chi connectivity index (χ4v) is 4.49. The van der Waals surface area contributed by atoms with Gasteiger partial charge in [0.1, 0.15) is 5.75 Å². The highest BCUT2D eigenvalue weighted by molar-refractivity contribution is 7.91. The molecule has 29 heavy (non-hydrogen) atoms. The number of rotatable bonds is 11. The zero-order valence-electron chi connectivity index (χ0n) is 16.2. The van der Waals surface area contributed by atoms with Crippen LogP contribution in [-0.4, -0.2) is 47.9 Å². The van der Waals surface area contributed by atoms with Crippen molar-refractivity contribution in [3.63, 3.8) is 0 Å². The van der Waals surface area contributed by atoms with Crippen molar-refractivity contribution >= 4 is 25.6 Å². The second-order valence-corrected chi connectivity index (χ2v) is 10.7. The molecule has 0 aliphatic rings. The molecule has 0 fully saturated rings. The van der Waals surface area contributed by atoms with E-state index in [0.29, 0.717) is 31.7 Å². The zero-order chi connectivity index (χ0) is 21.3. The summed E-state index contributed by atoms with van der Waals surface area (Å²) in [6.07, 6.45) is 2.22. The Morgan fingerprint density at radius 2 is 1.55 bits per heavy atom. The lowest BCUT2D eigenvalue weighted by molar-refractivity contribution is -0.121. The van der Waals surface area contributed by atoms with E-state index in [9.17, 15) is 21.6 Å². The smallest absolute Gasteiger partial charge is 0.220 e. The van der Waals surface area contributed by atoms with Crippen LogP contribution in [0.4, 0.5) is 0 Å². The minimum atomic E-state index is -3.33. The average Bonchev–Trinajstić information content (AvgIpc) is 2.69. The third-order valence-electron chi connectivity index (χ3n) is 4.08. The zero-order valence-corrected chi connectivity index (χ0v) is 17.8. The van der Waals surface area contributed by atoms with Crippen LogP contribution in [0.25, 0.3) is 0 Å². The van der Waals surface area contributed by atoms with Crippen LogP contribution in [-0.2, 0) is 24.5 Å². The van der Waals surface area contributed by atoms with Crippen LogP contribution < -0.4 is 10.1 Å². The molecule has 158 valence electrons. The molecule has 0 saturated carbocycles. The van der Waals surface area contributed by atoms with Crippen molar-refractivity contribution in [2.45, 2.75) is 29.1 Å². The summed E-state index contributed by atoms with van der Waals surface area (Å²) in [5.74, 6) is 0.339. The summed E-state index contributed by atoms with van der Waals surface area (Å²) in [6, 6.07) is 14.3. The van der Waals surface area contributed by atoms with Gasteiger partial charge in [-0.25, -0.2) is 16.8 Å². The minimum Gasteiger partial charge on any atom is -0.494 e. The van der Waals surface area contributed by atoms with Gasteiger partial charge in [0, 0.05) is 19.2 Å². The summed E-state index contributed by atoms with van der Waals surface area (Å²) in [6.45, 7) is 0.604. The molecule has 0 radical (unpaired) electrons. The van der Waals surface area contributed by atoms with E-state index in [1.54, 1.807) is 42.5 Å². The molecule has 9 heteroatoms. The fourth-order valence-electron chi connectivity index (χ4n) is 2.53. The van der Waals surface area contributed by atoms with Crippen LogP contribution in [0.1, 0.15) is 19.3 Å². The number of benzene rings is 2. The number of hydrogen-bond donors (Lipinski definition) is 1. The lowest BCUT2D eigenvalue weighted by Gasteiger charge is -2.08. The summed E-state index contributed by atoms with van der Waals surface area (Å²) in [5.41, 5.74) is 0. The maximum absolute atomic E-state index is 12.1. The molecule has 2 rings (SSSR count). The van der Waals surface area contributed by atoms with Crippen LogP contribution in [0.5, 0.6) is 5.75 Å². The van der Waals surface area contributed by atoms with Gasteiger partial charge >= 0.3 is 0 Å². The SMILES string of the molecule is CS(=O)(=O)c1ccc(OCCCC(=O)NCCCS(=O)(=O)c2ccccc2)cc1. The molecule has 0 unspecified atom stereocenters. The summed E-state index contributed by atoms with van der Waals surface area (Å²) in [7, 11) is -6.57. The molecule has 0 atom stereocenters. The van der Waals surface area contributed by atoms with Gasteiger partial charge in [0.05, 0.1) is 22.2 Å². The highest BCUT2D eigenvalue weighted by Crippen LogP contribution is 2.16. The molecule has 0 aliphatic carbocycles. The number of carbonyl (C=O) groups excluding carboxylic acids is 1. The van der Waals surface area contributed by atoms with E-state index in [4.69, 9.17) is 4.74 Å². The van der Waals surface area contributed by atoms with Gasteiger partial charge in [0.25, 0.3) is 0 Å². The third-order valence-corrected chi connectivity index (χ3v) is 7.03. The van der Waals surface area contributed by atoms with Crippen molar-refractivity contribution in [2.75, 3.05) is 25.2 Å². The predicted molar refractivity (Wildman–Crippen MR) is 110 cm³/mol. The van der Waals surface area contributed by atoms with Crippen LogP contribution in [0.15, 0.2) is 64.4 Å². The van der Waals surface area contributed by atoms with E-state index in [2.05, 4.69) is 5.32 Å². The van der Waals surface area contributed by atoms with E-state index in [1.807, 2.05) is 0 Å². The second kappa shape index (κ2) is 10.4. The van der Waals surface area contributed by atoms with Crippen LogP contribution in [0.2, 0.25) is 0 Å². The molecule has 2 aromatic carbocycles. The molecular formula is C20H25NO6S2. The quantitative estimate of drug-likeness (QED) is 0.538. The highest BCUT2D eigenvalue weighted by atomic mass is 32.2. The average molecular weight is 440 g/mol. The maximum Gasteiger partial charge on any atom is 0.220 e. The Morgan fingerprint density at radius 3 is 2.17 bits per heavy atom. The minimum absolute atomic E-state index is 0.0239. The van der Waals surface area contributed by atoms with Gasteiger partial charge in [0.2, 0.25) is 5.91 Å². The van der Waals surface area contributed by atoms with Gasteiger partial charge < -0.3 is 10.1 Å². The first-order valence-corrected chi connectivity index (χ1v) is 12.7. The Hall–Kier alpha value is -2.39. The Morgan fingerprint density at radius 1 is 0.897 bits per heavy atom. The summed E-state index contributed by atoms with van der Waals surface area (Å²) < 4.78 is 52.6. The largest absolute Gasteiger partial charge is 0.494 e. The fraction of sp³-hybridized carbons (Fsp3) is 0.350. The van der Waals surface area contributed by atoms with Gasteiger partial charge in [-0.15, -0.1) is 0 Å². The second-order valence-electron chi connectivity index (χ2n) is 6.53. The molecule has 0 heterocycles. The molecule has 0 saturated heterocycles. The molecule has 1 N–H and O–H groups in total. The topological polar surface area (TPSA) is 107 Å². The van der Waals surface area contributed by atoms with E-state index in [0.717, 1.165) is 6.26 Å². The van der Waals surface area contributed by atoms with Crippen molar-refractivity contribution in [3.05, 3.63) is 54.6 Å². The number of sulfone groups is 2. The van der Waals surface area contributed by atoms with E-state index in [-0.39, 0.29) is 27.9 Å². The number of hydrogen-bond acceptors (Lipinski definition) is 6. The lowest BCUT2D eigenvalue weighted by atomic mass is 10.3. The Bertz CT molecular complexity index is 1000. The van der Waals surface area contributed by atoms with Crippen molar-refractivity contribution in [1.29, 1.82) is 0 Å². The number of ether oxygens (including phenoxy) is 1. The molecule has 0 aliphatic heterocycles. The number of amides is 1. The monoisotopic (exact) mass is 439 g/mol. The first kappa shape index (κ1) is 22.9. The van der Waals surface area contributed by atoms with E-state index < -0.39 is 19.7 Å². The van der Waals surface area contributed by atoms with Gasteiger partial charge in [-0.05, 0) is 49.2 Å². The van der Waals surface area contributed by atoms with Gasteiger partial charge in [-0.2, -0.15) is 0 Å². The van der Waals surface area contributed by atoms with Gasteiger partial charge in [-0.3, -0.25) is 4.79 Å². The first-order valence-electron chi connectivity index (χ1n) is 9.16. The first-order chi connectivity index (χ1) is 13.7. The van der Waals surface area contributed by atoms with E-state index in [1.165, 1.54) is 12.1 Å². The molecular weight excluding hydrogens is 414 g/mol. The third kappa shape index (κ3) is 7.86. The summed E-state index contributed by atoms with van der Waals surface area (Å²) in [4.78, 5) is 12.3. The van der Waals surface area contributed by atoms with E-state index >= 15 is 0 Å². The Balaban J connectivity index is 1.61. The lowest BCUT2D eigenvalue weighted by Crippen LogP contribution is -2.26. The molecule has 0 aromatic heterocycles. The highest BCUT2D eigenvalue weighted by Gasteiger charge is 2.13. The normalized spacial score (nSPS) is 11.8. The molecule has 0 spiro atoms. The van der Waals surface area contributed by atoms with Crippen molar-refractivity contribution in [3.8, 4) is 5.75 Å². The maximum atomic E-state index is 12.1. The molecule has 1 amide bonds. The number of nitrogens with one attached hydrogen (secondary N) is 1. The molecule has 2 aromatic rings. The van der Waals surface area contributed by atoms with Crippen LogP contribution in [0.3, 0.4) is 0 Å².